The highest BCUT2D eigenvalue weighted by Crippen LogP contribution is 2.33. The Balaban J connectivity index is 1.98. The average Bonchev–Trinajstić information content (AvgIpc) is 3.33. The van der Waals surface area contributed by atoms with E-state index in [9.17, 15) is 9.59 Å². The standard InChI is InChI=1S/C21H16Cl2N2O3S2/c1-3-28-20(27)17-11(2)24-21-25(18(17)15-8-5-9-29-15)19(26)16(30-21)10-12-13(22)6-4-7-14(12)23/h4-10,18H,3H2,1-2H3/b16-10+/t18-/m0/s1. The molecule has 0 aliphatic carbocycles. The maximum absolute atomic E-state index is 13.4. The number of esters is 1. The van der Waals surface area contributed by atoms with Gasteiger partial charge in [0, 0.05) is 20.5 Å². The molecule has 0 bridgehead atoms. The maximum Gasteiger partial charge on any atom is 0.338 e. The number of ether oxygens (including phenoxy) is 1. The number of halogens is 2. The van der Waals surface area contributed by atoms with Gasteiger partial charge in [-0.15, -0.1) is 11.3 Å². The third-order valence-corrected chi connectivity index (χ3v) is 7.17. The Morgan fingerprint density at radius 2 is 2.00 bits per heavy atom. The molecule has 1 aliphatic rings. The van der Waals surface area contributed by atoms with Gasteiger partial charge in [-0.05, 0) is 43.5 Å². The topological polar surface area (TPSA) is 60.7 Å². The molecule has 30 heavy (non-hydrogen) atoms. The third kappa shape index (κ3) is 3.67. The molecule has 1 aromatic carbocycles. The van der Waals surface area contributed by atoms with Gasteiger partial charge in [0.1, 0.15) is 6.04 Å². The lowest BCUT2D eigenvalue weighted by Gasteiger charge is -2.23. The molecule has 4 rings (SSSR count). The van der Waals surface area contributed by atoms with Gasteiger partial charge in [-0.3, -0.25) is 9.36 Å². The van der Waals surface area contributed by atoms with Gasteiger partial charge in [-0.25, -0.2) is 9.79 Å². The number of nitrogens with zero attached hydrogens (tertiary/aromatic N) is 2. The van der Waals surface area contributed by atoms with E-state index >= 15 is 0 Å². The highest BCUT2D eigenvalue weighted by atomic mass is 35.5. The van der Waals surface area contributed by atoms with Crippen LogP contribution in [0.3, 0.4) is 0 Å². The van der Waals surface area contributed by atoms with Gasteiger partial charge in [-0.2, -0.15) is 0 Å². The maximum atomic E-state index is 13.4. The van der Waals surface area contributed by atoms with E-state index in [4.69, 9.17) is 27.9 Å². The van der Waals surface area contributed by atoms with Crippen molar-refractivity contribution >= 4 is 57.9 Å². The molecule has 0 fully saturated rings. The first-order valence-electron chi connectivity index (χ1n) is 9.09. The van der Waals surface area contributed by atoms with Crippen molar-refractivity contribution in [3.05, 3.63) is 87.2 Å². The van der Waals surface area contributed by atoms with Crippen molar-refractivity contribution in [2.24, 2.45) is 4.99 Å². The van der Waals surface area contributed by atoms with Crippen LogP contribution in [0.2, 0.25) is 10.0 Å². The van der Waals surface area contributed by atoms with E-state index in [1.54, 1.807) is 42.7 Å². The van der Waals surface area contributed by atoms with Gasteiger partial charge >= 0.3 is 5.97 Å². The number of aromatic nitrogens is 1. The first kappa shape index (κ1) is 21.1. The number of rotatable bonds is 4. The van der Waals surface area contributed by atoms with E-state index in [1.165, 1.54) is 22.7 Å². The SMILES string of the molecule is CCOC(=O)C1=C(C)N=c2s/c(=C/c3c(Cl)cccc3Cl)c(=O)n2[C@H]1c1cccs1. The smallest absolute Gasteiger partial charge is 0.338 e. The van der Waals surface area contributed by atoms with Crippen LogP contribution in [0.25, 0.3) is 6.08 Å². The van der Waals surface area contributed by atoms with Crippen LogP contribution in [0.15, 0.2) is 56.8 Å². The first-order chi connectivity index (χ1) is 14.4. The summed E-state index contributed by atoms with van der Waals surface area (Å²) in [6.07, 6.45) is 1.67. The molecule has 3 heterocycles. The number of thiophene rings is 1. The Morgan fingerprint density at radius 3 is 2.63 bits per heavy atom. The largest absolute Gasteiger partial charge is 0.463 e. The predicted octanol–water partition coefficient (Wildman–Crippen LogP) is 4.17. The number of thiazole rings is 1. The number of carbonyl (C=O) groups excluding carboxylic acids is 1. The third-order valence-electron chi connectivity index (χ3n) is 4.60. The van der Waals surface area contributed by atoms with Crippen molar-refractivity contribution in [1.82, 2.24) is 4.57 Å². The molecule has 154 valence electrons. The minimum Gasteiger partial charge on any atom is -0.463 e. The minimum atomic E-state index is -0.593. The molecule has 0 spiro atoms. The van der Waals surface area contributed by atoms with Crippen LogP contribution in [0.5, 0.6) is 0 Å². The quantitative estimate of drug-likeness (QED) is 0.528. The van der Waals surface area contributed by atoms with Crippen molar-refractivity contribution in [2.75, 3.05) is 6.61 Å². The molecule has 2 aromatic heterocycles. The minimum absolute atomic E-state index is 0.238. The highest BCUT2D eigenvalue weighted by Gasteiger charge is 2.33. The molecule has 1 atom stereocenters. The Bertz CT molecular complexity index is 1320. The summed E-state index contributed by atoms with van der Waals surface area (Å²) in [5, 5.41) is 2.81. The number of hydrogen-bond donors (Lipinski definition) is 0. The van der Waals surface area contributed by atoms with E-state index in [2.05, 4.69) is 4.99 Å². The van der Waals surface area contributed by atoms with Gasteiger partial charge in [0.25, 0.3) is 5.56 Å². The van der Waals surface area contributed by atoms with Gasteiger partial charge in [0.2, 0.25) is 0 Å². The number of allylic oxidation sites excluding steroid dienone is 1. The fraction of sp³-hybridized carbons (Fsp3) is 0.190. The van der Waals surface area contributed by atoms with Gasteiger partial charge in [0.15, 0.2) is 4.80 Å². The summed E-state index contributed by atoms with van der Waals surface area (Å²) in [6.45, 7) is 3.74. The van der Waals surface area contributed by atoms with Gasteiger partial charge in [0.05, 0.1) is 22.4 Å². The van der Waals surface area contributed by atoms with Crippen molar-refractivity contribution < 1.29 is 9.53 Å². The fourth-order valence-corrected chi connectivity index (χ4v) is 5.65. The van der Waals surface area contributed by atoms with Crippen LogP contribution >= 0.6 is 45.9 Å². The second-order valence-corrected chi connectivity index (χ2v) is 9.26. The Morgan fingerprint density at radius 1 is 1.27 bits per heavy atom. The predicted molar refractivity (Wildman–Crippen MR) is 121 cm³/mol. The molecule has 0 saturated heterocycles. The van der Waals surface area contributed by atoms with Crippen molar-refractivity contribution in [3.8, 4) is 0 Å². The summed E-state index contributed by atoms with van der Waals surface area (Å²) in [5.74, 6) is -0.472. The van der Waals surface area contributed by atoms with Crippen molar-refractivity contribution in [3.63, 3.8) is 0 Å². The molecule has 9 heteroatoms. The number of fused-ring (bicyclic) bond motifs is 1. The number of hydrogen-bond acceptors (Lipinski definition) is 6. The van der Waals surface area contributed by atoms with Gasteiger partial charge in [-0.1, -0.05) is 46.7 Å². The van der Waals surface area contributed by atoms with Crippen LogP contribution in [0.1, 0.15) is 30.3 Å². The summed E-state index contributed by atoms with van der Waals surface area (Å²) in [6, 6.07) is 8.37. The lowest BCUT2D eigenvalue weighted by molar-refractivity contribution is -0.139. The molecule has 0 saturated carbocycles. The lowest BCUT2D eigenvalue weighted by atomic mass is 10.0. The first-order valence-corrected chi connectivity index (χ1v) is 11.5. The molecule has 3 aromatic rings. The molecule has 0 amide bonds. The fourth-order valence-electron chi connectivity index (χ4n) is 3.29. The zero-order chi connectivity index (χ0) is 21.4. The number of carbonyl (C=O) groups is 1. The monoisotopic (exact) mass is 478 g/mol. The van der Waals surface area contributed by atoms with Crippen LogP contribution in [-0.4, -0.2) is 17.1 Å². The second-order valence-electron chi connectivity index (χ2n) is 6.45. The summed E-state index contributed by atoms with van der Waals surface area (Å²) in [4.78, 5) is 32.0. The molecular formula is C21H16Cl2N2O3S2. The van der Waals surface area contributed by atoms with E-state index < -0.39 is 12.0 Å². The summed E-state index contributed by atoms with van der Waals surface area (Å²) < 4.78 is 7.24. The lowest BCUT2D eigenvalue weighted by Crippen LogP contribution is -2.39. The normalized spacial score (nSPS) is 16.4. The van der Waals surface area contributed by atoms with E-state index in [0.29, 0.717) is 36.2 Å². The zero-order valence-corrected chi connectivity index (χ0v) is 19.2. The molecule has 0 unspecified atom stereocenters. The summed E-state index contributed by atoms with van der Waals surface area (Å²) >= 11 is 15.3. The van der Waals surface area contributed by atoms with Crippen molar-refractivity contribution in [1.29, 1.82) is 0 Å². The molecule has 0 N–H and O–H groups in total. The Labute approximate surface area is 190 Å². The Kier molecular flexibility index (Phi) is 5.97. The molecule has 0 radical (unpaired) electrons. The van der Waals surface area contributed by atoms with Crippen LogP contribution < -0.4 is 14.9 Å². The average molecular weight is 479 g/mol. The molecular weight excluding hydrogens is 463 g/mol. The van der Waals surface area contributed by atoms with E-state index in [1.807, 2.05) is 17.5 Å². The van der Waals surface area contributed by atoms with Gasteiger partial charge < -0.3 is 4.74 Å². The Hall–Kier alpha value is -2.19. The summed E-state index contributed by atoms with van der Waals surface area (Å²) in [7, 11) is 0. The summed E-state index contributed by atoms with van der Waals surface area (Å²) in [5.41, 5.74) is 1.21. The van der Waals surface area contributed by atoms with Crippen LogP contribution in [0.4, 0.5) is 0 Å². The van der Waals surface area contributed by atoms with E-state index in [-0.39, 0.29) is 12.2 Å². The zero-order valence-electron chi connectivity index (χ0n) is 16.0. The van der Waals surface area contributed by atoms with E-state index in [0.717, 1.165) is 4.88 Å². The highest BCUT2D eigenvalue weighted by molar-refractivity contribution is 7.10. The molecule has 1 aliphatic heterocycles. The van der Waals surface area contributed by atoms with Crippen molar-refractivity contribution in [2.45, 2.75) is 19.9 Å². The van der Waals surface area contributed by atoms with Crippen LogP contribution in [-0.2, 0) is 9.53 Å². The van der Waals surface area contributed by atoms with Crippen LogP contribution in [0, 0.1) is 0 Å². The molecule has 5 nitrogen and oxygen atoms in total. The second kappa shape index (κ2) is 8.51. The number of benzene rings is 1.